The van der Waals surface area contributed by atoms with Gasteiger partial charge in [0.2, 0.25) is 15.9 Å². The summed E-state index contributed by atoms with van der Waals surface area (Å²) in [5.41, 5.74) is 3.10. The van der Waals surface area contributed by atoms with Crippen molar-refractivity contribution in [1.29, 1.82) is 0 Å². The van der Waals surface area contributed by atoms with Crippen LogP contribution in [-0.2, 0) is 14.8 Å². The number of hydrogen-bond donors (Lipinski definition) is 1. The number of nitro groups is 1. The van der Waals surface area contributed by atoms with Crippen molar-refractivity contribution in [2.24, 2.45) is 0 Å². The molecule has 1 heterocycles. The van der Waals surface area contributed by atoms with Gasteiger partial charge in [-0.05, 0) is 37.6 Å². The Balaban J connectivity index is 1.62. The fourth-order valence-electron chi connectivity index (χ4n) is 3.95. The highest BCUT2D eigenvalue weighted by Crippen LogP contribution is 2.26. The van der Waals surface area contributed by atoms with Gasteiger partial charge in [-0.15, -0.1) is 0 Å². The van der Waals surface area contributed by atoms with Crippen molar-refractivity contribution in [3.63, 3.8) is 0 Å². The van der Waals surface area contributed by atoms with E-state index in [1.165, 1.54) is 12.1 Å². The lowest BCUT2D eigenvalue weighted by atomic mass is 10.1. The second-order valence-corrected chi connectivity index (χ2v) is 11.0. The van der Waals surface area contributed by atoms with Crippen LogP contribution in [0.4, 0.5) is 11.5 Å². The lowest BCUT2D eigenvalue weighted by Gasteiger charge is -2.21. The van der Waals surface area contributed by atoms with Gasteiger partial charge in [0, 0.05) is 30.3 Å². The second kappa shape index (κ2) is 12.0. The smallest absolute Gasteiger partial charge is 0.269 e. The molecule has 0 aliphatic carbocycles. The van der Waals surface area contributed by atoms with Crippen molar-refractivity contribution in [2.75, 3.05) is 18.4 Å². The Kier molecular flexibility index (Phi) is 8.52. The maximum absolute atomic E-state index is 13.4. The van der Waals surface area contributed by atoms with E-state index in [9.17, 15) is 23.3 Å². The van der Waals surface area contributed by atoms with E-state index in [0.29, 0.717) is 24.4 Å². The van der Waals surface area contributed by atoms with Crippen LogP contribution in [0.5, 0.6) is 0 Å². The molecule has 1 aromatic heterocycles. The first kappa shape index (κ1) is 27.7. The van der Waals surface area contributed by atoms with Crippen molar-refractivity contribution in [1.82, 2.24) is 14.1 Å². The van der Waals surface area contributed by atoms with E-state index in [1.807, 2.05) is 68.4 Å². The normalized spacial score (nSPS) is 11.5. The van der Waals surface area contributed by atoms with Crippen LogP contribution in [-0.4, -0.2) is 46.4 Å². The summed E-state index contributed by atoms with van der Waals surface area (Å²) in [5.74, 6) is -0.143. The van der Waals surface area contributed by atoms with Crippen LogP contribution >= 0.6 is 0 Å². The number of nitrogens with one attached hydrogen (secondary N) is 1. The summed E-state index contributed by atoms with van der Waals surface area (Å²) in [7, 11) is -4.08. The standard InChI is InChI=1S/C28H29N5O5S/c1-3-4-18-31(39(37,38)25-16-14-24(15-17-25)33(35)36)20-28(34)29-27-19-26(22-8-6-5-7-9-22)30-32(27)23-12-10-21(2)11-13-23/h5-17,19H,3-4,18,20H2,1-2H3,(H,29,34). The molecule has 0 aliphatic heterocycles. The van der Waals surface area contributed by atoms with E-state index >= 15 is 0 Å². The molecule has 1 N–H and O–H groups in total. The summed E-state index contributed by atoms with van der Waals surface area (Å²) in [5, 5.41) is 18.5. The number of non-ortho nitro benzene ring substituents is 1. The fraction of sp³-hybridized carbons (Fsp3) is 0.214. The molecule has 0 spiro atoms. The van der Waals surface area contributed by atoms with E-state index in [4.69, 9.17) is 5.10 Å². The van der Waals surface area contributed by atoms with Crippen LogP contribution in [0.1, 0.15) is 25.3 Å². The molecule has 1 amide bonds. The van der Waals surface area contributed by atoms with Gasteiger partial charge < -0.3 is 5.32 Å². The van der Waals surface area contributed by atoms with Gasteiger partial charge in [0.15, 0.2) is 0 Å². The Morgan fingerprint density at radius 1 is 1.03 bits per heavy atom. The first-order chi connectivity index (χ1) is 18.7. The molecular formula is C28H29N5O5S. The van der Waals surface area contributed by atoms with Crippen LogP contribution in [0.2, 0.25) is 0 Å². The van der Waals surface area contributed by atoms with Gasteiger partial charge in [-0.25, -0.2) is 13.1 Å². The highest BCUT2D eigenvalue weighted by atomic mass is 32.2. The SMILES string of the molecule is CCCCN(CC(=O)Nc1cc(-c2ccccc2)nn1-c1ccc(C)cc1)S(=O)(=O)c1ccc([N+](=O)[O-])cc1. The Morgan fingerprint density at radius 3 is 2.31 bits per heavy atom. The number of anilines is 1. The number of benzene rings is 3. The summed E-state index contributed by atoms with van der Waals surface area (Å²) in [6, 6.07) is 23.6. The van der Waals surface area contributed by atoms with E-state index in [2.05, 4.69) is 5.32 Å². The molecule has 0 saturated carbocycles. The van der Waals surface area contributed by atoms with Gasteiger partial charge in [0.05, 0.1) is 27.7 Å². The lowest BCUT2D eigenvalue weighted by Crippen LogP contribution is -2.38. The third-order valence-corrected chi connectivity index (χ3v) is 7.95. The van der Waals surface area contributed by atoms with E-state index < -0.39 is 27.4 Å². The Morgan fingerprint density at radius 2 is 1.69 bits per heavy atom. The maximum Gasteiger partial charge on any atom is 0.269 e. The van der Waals surface area contributed by atoms with Crippen LogP contribution in [0, 0.1) is 17.0 Å². The van der Waals surface area contributed by atoms with E-state index in [0.717, 1.165) is 33.3 Å². The zero-order valence-electron chi connectivity index (χ0n) is 21.6. The Bertz CT molecular complexity index is 1550. The topological polar surface area (TPSA) is 127 Å². The molecule has 3 aromatic carbocycles. The van der Waals surface area contributed by atoms with Crippen LogP contribution in [0.25, 0.3) is 16.9 Å². The molecular weight excluding hydrogens is 518 g/mol. The highest BCUT2D eigenvalue weighted by Gasteiger charge is 2.27. The minimum absolute atomic E-state index is 0.118. The van der Waals surface area contributed by atoms with Crippen molar-refractivity contribution >= 4 is 27.4 Å². The summed E-state index contributed by atoms with van der Waals surface area (Å²) in [6.45, 7) is 3.58. The molecule has 0 fully saturated rings. The summed E-state index contributed by atoms with van der Waals surface area (Å²) < 4.78 is 29.5. The van der Waals surface area contributed by atoms with Crippen molar-refractivity contribution < 1.29 is 18.1 Å². The molecule has 0 radical (unpaired) electrons. The second-order valence-electron chi connectivity index (χ2n) is 9.02. The minimum atomic E-state index is -4.08. The number of aromatic nitrogens is 2. The zero-order valence-corrected chi connectivity index (χ0v) is 22.5. The van der Waals surface area contributed by atoms with Crippen molar-refractivity contribution in [3.05, 3.63) is 101 Å². The molecule has 4 rings (SSSR count). The zero-order chi connectivity index (χ0) is 28.0. The number of aryl methyl sites for hydroxylation is 1. The number of amides is 1. The van der Waals surface area contributed by atoms with Crippen molar-refractivity contribution in [3.8, 4) is 16.9 Å². The molecule has 0 atom stereocenters. The number of unbranched alkanes of at least 4 members (excludes halogenated alkanes) is 1. The van der Waals surface area contributed by atoms with Crippen LogP contribution < -0.4 is 5.32 Å². The number of hydrogen-bond acceptors (Lipinski definition) is 6. The first-order valence-corrected chi connectivity index (χ1v) is 13.9. The number of sulfonamides is 1. The van der Waals surface area contributed by atoms with Crippen LogP contribution in [0.3, 0.4) is 0 Å². The van der Waals surface area contributed by atoms with Gasteiger partial charge >= 0.3 is 0 Å². The Hall–Kier alpha value is -4.35. The van der Waals surface area contributed by atoms with Crippen molar-refractivity contribution in [2.45, 2.75) is 31.6 Å². The number of carbonyl (C=O) groups excluding carboxylic acids is 1. The summed E-state index contributed by atoms with van der Waals surface area (Å²) in [4.78, 5) is 23.5. The molecule has 0 bridgehead atoms. The molecule has 0 saturated heterocycles. The predicted octanol–water partition coefficient (Wildman–Crippen LogP) is 5.19. The Labute approximate surface area is 227 Å². The number of nitro benzene ring substituents is 1. The van der Waals surface area contributed by atoms with E-state index in [-0.39, 0.29) is 17.1 Å². The average Bonchev–Trinajstić information content (AvgIpc) is 3.35. The van der Waals surface area contributed by atoms with Crippen LogP contribution in [0.15, 0.2) is 89.8 Å². The predicted molar refractivity (Wildman–Crippen MR) is 149 cm³/mol. The molecule has 0 aliphatic rings. The van der Waals surface area contributed by atoms with Gasteiger partial charge in [-0.3, -0.25) is 14.9 Å². The molecule has 11 heteroatoms. The monoisotopic (exact) mass is 547 g/mol. The first-order valence-electron chi connectivity index (χ1n) is 12.5. The molecule has 0 unspecified atom stereocenters. The largest absolute Gasteiger partial charge is 0.309 e. The minimum Gasteiger partial charge on any atom is -0.309 e. The van der Waals surface area contributed by atoms with Gasteiger partial charge in [-0.2, -0.15) is 9.40 Å². The number of nitrogens with zero attached hydrogens (tertiary/aromatic N) is 4. The quantitative estimate of drug-likeness (QED) is 0.203. The van der Waals surface area contributed by atoms with Gasteiger partial charge in [0.25, 0.3) is 5.69 Å². The summed E-state index contributed by atoms with van der Waals surface area (Å²) in [6.07, 6.45) is 1.26. The fourth-order valence-corrected chi connectivity index (χ4v) is 5.39. The maximum atomic E-state index is 13.4. The number of rotatable bonds is 11. The third-order valence-electron chi connectivity index (χ3n) is 6.09. The highest BCUT2D eigenvalue weighted by molar-refractivity contribution is 7.89. The molecule has 202 valence electrons. The molecule has 39 heavy (non-hydrogen) atoms. The average molecular weight is 548 g/mol. The van der Waals surface area contributed by atoms with E-state index in [1.54, 1.807) is 10.7 Å². The third kappa shape index (κ3) is 6.57. The molecule has 10 nitrogen and oxygen atoms in total. The molecule has 4 aromatic rings. The van der Waals surface area contributed by atoms with Gasteiger partial charge in [0.1, 0.15) is 5.82 Å². The summed E-state index contributed by atoms with van der Waals surface area (Å²) >= 11 is 0. The number of carbonyl (C=O) groups is 1. The lowest BCUT2D eigenvalue weighted by molar-refractivity contribution is -0.384. The van der Waals surface area contributed by atoms with Gasteiger partial charge in [-0.1, -0.05) is 61.4 Å².